The molecule has 1 amide bonds. The first-order valence-corrected chi connectivity index (χ1v) is 14.9. The molecular weight excluding hydrogens is 528 g/mol. The van der Waals surface area contributed by atoms with Crippen LogP contribution in [0.25, 0.3) is 0 Å². The van der Waals surface area contributed by atoms with E-state index in [9.17, 15) is 20.1 Å². The quantitative estimate of drug-likeness (QED) is 0.106. The van der Waals surface area contributed by atoms with Crippen molar-refractivity contribution in [3.05, 3.63) is 70.7 Å². The van der Waals surface area contributed by atoms with Gasteiger partial charge in [0, 0.05) is 19.2 Å². The van der Waals surface area contributed by atoms with Gasteiger partial charge in [-0.2, -0.15) is 0 Å². The van der Waals surface area contributed by atoms with Gasteiger partial charge < -0.3 is 30.3 Å². The number of aliphatic hydroxyl groups excluding tert-OH is 2. The van der Waals surface area contributed by atoms with Crippen molar-refractivity contribution in [3.8, 4) is 18.6 Å². The SMILES string of the molecule is C#C.CC.CC(C)=CCCC1(C)OC1CC/C(C)=C/CN1C/C=C(O)\C=C(\O)CNc2c(O)cccc2C1=O.CCC. The molecule has 2 heterocycles. The van der Waals surface area contributed by atoms with Crippen LogP contribution in [0.1, 0.15) is 97.9 Å². The molecule has 7 nitrogen and oxygen atoms in total. The zero-order valence-electron chi connectivity index (χ0n) is 27.0. The lowest BCUT2D eigenvalue weighted by Crippen LogP contribution is -2.32. The Kier molecular flexibility index (Phi) is 18.5. The standard InChI is InChI=1S/C28H38N2O5.C3H8.C2H6.C2H2/c1-19(2)7-6-14-28(4)25(35-28)11-10-20(3)12-15-30-16-13-21(31)17-22(32)18-29-26-23(27(30)34)8-5-9-24(26)33;1-3-2;2*1-2/h5,7-9,12-13,17,25,29,31-33H,6,10-11,14-16,18H2,1-4H3;3H2,1-2H3;1-2H3;1-2H/b20-12+,21-13+,22-17+;;;. The highest BCUT2D eigenvalue weighted by Gasteiger charge is 2.50. The number of aliphatic hydroxyl groups is 2. The second kappa shape index (κ2) is 20.3. The van der Waals surface area contributed by atoms with Crippen molar-refractivity contribution in [2.45, 2.75) is 99.2 Å². The van der Waals surface area contributed by atoms with Crippen LogP contribution in [-0.4, -0.2) is 57.5 Å². The van der Waals surface area contributed by atoms with E-state index in [1.54, 1.807) is 17.0 Å². The van der Waals surface area contributed by atoms with Gasteiger partial charge in [-0.15, -0.1) is 12.8 Å². The molecule has 1 saturated heterocycles. The number of phenols is 1. The fraction of sp³-hybridized carbons (Fsp3) is 0.514. The van der Waals surface area contributed by atoms with Crippen LogP contribution in [0.3, 0.4) is 0 Å². The Morgan fingerprint density at radius 3 is 2.40 bits per heavy atom. The van der Waals surface area contributed by atoms with E-state index in [0.29, 0.717) is 12.1 Å². The number of hydrogen-bond acceptors (Lipinski definition) is 6. The Bertz CT molecular complexity index is 1110. The Balaban J connectivity index is 0.00000221. The smallest absolute Gasteiger partial charge is 0.256 e. The molecule has 0 radical (unpaired) electrons. The van der Waals surface area contributed by atoms with Gasteiger partial charge in [-0.25, -0.2) is 0 Å². The number of benzene rings is 1. The van der Waals surface area contributed by atoms with Gasteiger partial charge >= 0.3 is 0 Å². The zero-order valence-corrected chi connectivity index (χ0v) is 27.0. The number of epoxide rings is 1. The monoisotopic (exact) mass is 582 g/mol. The highest BCUT2D eigenvalue weighted by atomic mass is 16.6. The Morgan fingerprint density at radius 1 is 1.14 bits per heavy atom. The largest absolute Gasteiger partial charge is 0.510 e. The van der Waals surface area contributed by atoms with Crippen LogP contribution in [0.5, 0.6) is 5.75 Å². The third-order valence-electron chi connectivity index (χ3n) is 6.53. The molecule has 1 aromatic carbocycles. The number of carbonyl (C=O) groups excluding carboxylic acids is 1. The van der Waals surface area contributed by atoms with E-state index in [4.69, 9.17) is 4.74 Å². The van der Waals surface area contributed by atoms with Crippen molar-refractivity contribution < 1.29 is 24.9 Å². The first kappa shape index (κ1) is 38.4. The summed E-state index contributed by atoms with van der Waals surface area (Å²) in [7, 11) is 0. The fourth-order valence-corrected chi connectivity index (χ4v) is 4.23. The lowest BCUT2D eigenvalue weighted by molar-refractivity contribution is 0.0790. The highest BCUT2D eigenvalue weighted by molar-refractivity contribution is 6.01. The Hall–Kier alpha value is -3.63. The normalized spacial score (nSPS) is 22.1. The van der Waals surface area contributed by atoms with Crippen LogP contribution in [0.15, 0.2) is 65.2 Å². The van der Waals surface area contributed by atoms with Crippen LogP contribution in [0.4, 0.5) is 5.69 Å². The maximum Gasteiger partial charge on any atom is 0.256 e. The van der Waals surface area contributed by atoms with Crippen molar-refractivity contribution in [2.24, 2.45) is 0 Å². The van der Waals surface area contributed by atoms with Gasteiger partial charge in [-0.1, -0.05) is 63.5 Å². The number of nitrogens with zero attached hydrogens (tertiary/aromatic N) is 1. The second-order valence-electron chi connectivity index (χ2n) is 10.6. The maximum atomic E-state index is 13.4. The molecule has 1 fully saturated rings. The summed E-state index contributed by atoms with van der Waals surface area (Å²) in [5.74, 6) is -0.602. The number of carbonyl (C=O) groups is 1. The third kappa shape index (κ3) is 13.4. The lowest BCUT2D eigenvalue weighted by atomic mass is 9.96. The number of nitrogens with one attached hydrogen (secondary N) is 1. The van der Waals surface area contributed by atoms with Crippen molar-refractivity contribution in [1.29, 1.82) is 0 Å². The van der Waals surface area contributed by atoms with E-state index >= 15 is 0 Å². The second-order valence-corrected chi connectivity index (χ2v) is 10.6. The number of anilines is 1. The molecule has 1 aromatic rings. The van der Waals surface area contributed by atoms with E-state index in [1.807, 2.05) is 19.9 Å². The van der Waals surface area contributed by atoms with E-state index in [1.165, 1.54) is 30.2 Å². The molecule has 2 unspecified atom stereocenters. The Labute approximate surface area is 254 Å². The predicted octanol–water partition coefficient (Wildman–Crippen LogP) is 8.47. The molecule has 0 bridgehead atoms. The van der Waals surface area contributed by atoms with Crippen LogP contribution >= 0.6 is 0 Å². The first-order valence-electron chi connectivity index (χ1n) is 14.9. The number of hydrogen-bond donors (Lipinski definition) is 4. The van der Waals surface area contributed by atoms with Crippen LogP contribution in [0.2, 0.25) is 0 Å². The van der Waals surface area contributed by atoms with Crippen molar-refractivity contribution in [1.82, 2.24) is 4.90 Å². The molecule has 3 rings (SSSR count). The van der Waals surface area contributed by atoms with E-state index in [-0.39, 0.29) is 53.7 Å². The van der Waals surface area contributed by atoms with Gasteiger partial charge in [-0.05, 0) is 71.6 Å². The molecule has 2 aliphatic heterocycles. The predicted molar refractivity (Wildman–Crippen MR) is 176 cm³/mol. The minimum Gasteiger partial charge on any atom is -0.510 e. The molecule has 7 heteroatoms. The summed E-state index contributed by atoms with van der Waals surface area (Å²) < 4.78 is 5.97. The summed E-state index contributed by atoms with van der Waals surface area (Å²) in [5, 5.41) is 33.3. The van der Waals surface area contributed by atoms with E-state index < -0.39 is 0 Å². The summed E-state index contributed by atoms with van der Waals surface area (Å²) >= 11 is 0. The van der Waals surface area contributed by atoms with Crippen LogP contribution in [-0.2, 0) is 4.74 Å². The van der Waals surface area contributed by atoms with E-state index in [0.717, 1.165) is 31.3 Å². The summed E-state index contributed by atoms with van der Waals surface area (Å²) in [5.41, 5.74) is 3.00. The zero-order chi connectivity index (χ0) is 32.3. The summed E-state index contributed by atoms with van der Waals surface area (Å²) in [4.78, 5) is 15.0. The fourth-order valence-electron chi connectivity index (χ4n) is 4.23. The number of fused-ring (bicyclic) bond motifs is 1. The average molecular weight is 583 g/mol. The van der Waals surface area contributed by atoms with Gasteiger partial charge in [0.1, 0.15) is 17.3 Å². The molecule has 0 aromatic heterocycles. The molecule has 234 valence electrons. The molecule has 0 spiro atoms. The maximum absolute atomic E-state index is 13.4. The number of phenolic OH excluding ortho intramolecular Hbond substituents is 1. The Morgan fingerprint density at radius 2 is 1.79 bits per heavy atom. The topological polar surface area (TPSA) is 106 Å². The van der Waals surface area contributed by atoms with Gasteiger partial charge in [0.2, 0.25) is 0 Å². The number of ether oxygens (including phenoxy) is 1. The number of aromatic hydroxyl groups is 1. The molecule has 0 aliphatic carbocycles. The molecule has 2 atom stereocenters. The van der Waals surface area contributed by atoms with Gasteiger partial charge in [0.25, 0.3) is 5.91 Å². The van der Waals surface area contributed by atoms with Crippen LogP contribution < -0.4 is 5.32 Å². The molecule has 2 aliphatic rings. The lowest BCUT2D eigenvalue weighted by Gasteiger charge is -2.22. The first-order chi connectivity index (χ1) is 20.0. The molecule has 0 saturated carbocycles. The van der Waals surface area contributed by atoms with Crippen molar-refractivity contribution in [2.75, 3.05) is 25.0 Å². The minimum atomic E-state index is -0.282. The molecule has 4 N–H and O–H groups in total. The van der Waals surface area contributed by atoms with Crippen molar-refractivity contribution in [3.63, 3.8) is 0 Å². The van der Waals surface area contributed by atoms with Gasteiger partial charge in [0.05, 0.1) is 29.5 Å². The minimum absolute atomic E-state index is 0.0364. The third-order valence-corrected chi connectivity index (χ3v) is 6.53. The summed E-state index contributed by atoms with van der Waals surface area (Å²) in [6.45, 7) is 17.2. The van der Waals surface area contributed by atoms with Gasteiger partial charge in [0.15, 0.2) is 0 Å². The summed E-state index contributed by atoms with van der Waals surface area (Å²) in [6.07, 6.45) is 20.4. The number of terminal acetylenes is 1. The van der Waals surface area contributed by atoms with Crippen molar-refractivity contribution >= 4 is 11.6 Å². The number of rotatable bonds is 8. The highest BCUT2D eigenvalue weighted by Crippen LogP contribution is 2.43. The average Bonchev–Trinajstić information content (AvgIpc) is 3.62. The molecular formula is C35H54N2O5. The van der Waals surface area contributed by atoms with Gasteiger partial charge in [-0.3, -0.25) is 4.79 Å². The number of amides is 1. The van der Waals surface area contributed by atoms with E-state index in [2.05, 4.69) is 65.8 Å². The number of allylic oxidation sites excluding steroid dienone is 4. The number of para-hydroxylation sites is 1. The summed E-state index contributed by atoms with van der Waals surface area (Å²) in [6, 6.07) is 4.73. The molecule has 42 heavy (non-hydrogen) atoms. The van der Waals surface area contributed by atoms with Crippen LogP contribution in [0, 0.1) is 12.8 Å².